The van der Waals surface area contributed by atoms with Gasteiger partial charge in [0, 0.05) is 6.54 Å². The number of benzene rings is 1. The Balaban J connectivity index is 2.42. The van der Waals surface area contributed by atoms with Crippen molar-refractivity contribution in [1.29, 1.82) is 0 Å². The minimum atomic E-state index is -0.583. The number of imide groups is 1. The topological polar surface area (TPSA) is 49.4 Å². The molecule has 1 N–H and O–H groups in total. The first-order chi connectivity index (χ1) is 7.61. The zero-order valence-corrected chi connectivity index (χ0v) is 8.74. The number of hydrogen-bond donors (Lipinski definition) is 1. The Hall–Kier alpha value is -1.91. The molecule has 16 heavy (non-hydrogen) atoms. The predicted octanol–water partition coefficient (Wildman–Crippen LogP) is 1.52. The van der Waals surface area contributed by atoms with Crippen LogP contribution in [0.4, 0.5) is 14.9 Å². The Labute approximate surface area is 92.0 Å². The fraction of sp³-hybridized carbons (Fsp3) is 0.273. The van der Waals surface area contributed by atoms with Gasteiger partial charge in [-0.3, -0.25) is 4.79 Å². The molecule has 0 aliphatic carbocycles. The van der Waals surface area contributed by atoms with Gasteiger partial charge in [0.05, 0.1) is 11.6 Å². The molecule has 0 saturated carbocycles. The zero-order valence-electron chi connectivity index (χ0n) is 8.74. The first-order valence-electron chi connectivity index (χ1n) is 4.97. The monoisotopic (exact) mass is 222 g/mol. The molecule has 1 aliphatic heterocycles. The number of anilines is 1. The fourth-order valence-electron chi connectivity index (χ4n) is 1.59. The third kappa shape index (κ3) is 1.64. The number of carbonyl (C=O) groups excluding carboxylic acids is 2. The lowest BCUT2D eigenvalue weighted by molar-refractivity contribution is -0.121. The minimum Gasteiger partial charge on any atom is -0.337 e. The van der Waals surface area contributed by atoms with Gasteiger partial charge < -0.3 is 5.32 Å². The van der Waals surface area contributed by atoms with E-state index >= 15 is 0 Å². The van der Waals surface area contributed by atoms with Crippen LogP contribution < -0.4 is 10.2 Å². The predicted molar refractivity (Wildman–Crippen MR) is 56.4 cm³/mol. The number of amides is 3. The van der Waals surface area contributed by atoms with Crippen molar-refractivity contribution in [2.45, 2.75) is 6.92 Å². The van der Waals surface area contributed by atoms with Gasteiger partial charge in [0.15, 0.2) is 0 Å². The number of rotatable bonds is 1. The van der Waals surface area contributed by atoms with Crippen LogP contribution in [-0.2, 0) is 4.79 Å². The summed E-state index contributed by atoms with van der Waals surface area (Å²) >= 11 is 0. The first-order valence-corrected chi connectivity index (χ1v) is 4.97. The summed E-state index contributed by atoms with van der Waals surface area (Å²) in [5, 5.41) is 2.54. The van der Waals surface area contributed by atoms with Gasteiger partial charge >= 0.3 is 6.03 Å². The lowest BCUT2D eigenvalue weighted by atomic mass is 10.1. The van der Waals surface area contributed by atoms with Crippen molar-refractivity contribution in [3.63, 3.8) is 0 Å². The molecule has 1 unspecified atom stereocenters. The van der Waals surface area contributed by atoms with Gasteiger partial charge in [-0.2, -0.15) is 0 Å². The SMILES string of the molecule is CC1CNC(=O)N(c2ccccc2F)C1=O. The molecule has 1 saturated heterocycles. The summed E-state index contributed by atoms with van der Waals surface area (Å²) in [6, 6.07) is 5.14. The third-order valence-electron chi connectivity index (χ3n) is 2.50. The van der Waals surface area contributed by atoms with Crippen LogP contribution in [0.2, 0.25) is 0 Å². The van der Waals surface area contributed by atoms with E-state index in [9.17, 15) is 14.0 Å². The van der Waals surface area contributed by atoms with Crippen molar-refractivity contribution in [2.24, 2.45) is 5.92 Å². The lowest BCUT2D eigenvalue weighted by Gasteiger charge is -2.29. The molecule has 1 heterocycles. The summed E-state index contributed by atoms with van der Waals surface area (Å²) in [7, 11) is 0. The number of para-hydroxylation sites is 1. The number of urea groups is 1. The van der Waals surface area contributed by atoms with Crippen LogP contribution in [-0.4, -0.2) is 18.5 Å². The van der Waals surface area contributed by atoms with Crippen molar-refractivity contribution in [3.8, 4) is 0 Å². The van der Waals surface area contributed by atoms with Crippen LogP contribution >= 0.6 is 0 Å². The molecule has 0 bridgehead atoms. The summed E-state index contributed by atoms with van der Waals surface area (Å²) in [4.78, 5) is 24.2. The highest BCUT2D eigenvalue weighted by Crippen LogP contribution is 2.22. The van der Waals surface area contributed by atoms with Crippen LogP contribution in [0.1, 0.15) is 6.92 Å². The summed E-state index contributed by atoms with van der Waals surface area (Å²) in [5.74, 6) is -1.30. The van der Waals surface area contributed by atoms with E-state index in [1.165, 1.54) is 18.2 Å². The second-order valence-electron chi connectivity index (χ2n) is 3.71. The molecule has 2 rings (SSSR count). The van der Waals surface area contributed by atoms with Crippen LogP contribution in [0.5, 0.6) is 0 Å². The smallest absolute Gasteiger partial charge is 0.328 e. The van der Waals surface area contributed by atoms with Crippen molar-refractivity contribution in [1.82, 2.24) is 5.32 Å². The van der Waals surface area contributed by atoms with Crippen LogP contribution in [0.25, 0.3) is 0 Å². The molecule has 5 heteroatoms. The Morgan fingerprint density at radius 2 is 2.06 bits per heavy atom. The van der Waals surface area contributed by atoms with Gasteiger partial charge in [0.1, 0.15) is 5.82 Å². The van der Waals surface area contributed by atoms with E-state index in [2.05, 4.69) is 5.32 Å². The summed E-state index contributed by atoms with van der Waals surface area (Å²) in [5.41, 5.74) is -0.00319. The maximum absolute atomic E-state index is 13.5. The van der Waals surface area contributed by atoms with E-state index in [-0.39, 0.29) is 17.5 Å². The molecule has 1 aromatic rings. The van der Waals surface area contributed by atoms with Gasteiger partial charge in [-0.1, -0.05) is 19.1 Å². The molecule has 1 aliphatic rings. The van der Waals surface area contributed by atoms with E-state index in [1.807, 2.05) is 0 Å². The molecule has 0 aromatic heterocycles. The van der Waals surface area contributed by atoms with E-state index in [0.717, 1.165) is 4.90 Å². The van der Waals surface area contributed by atoms with Crippen molar-refractivity contribution in [2.75, 3.05) is 11.4 Å². The number of carbonyl (C=O) groups is 2. The molecule has 84 valence electrons. The molecule has 4 nitrogen and oxygen atoms in total. The molecule has 0 radical (unpaired) electrons. The Bertz CT molecular complexity index is 447. The number of halogens is 1. The van der Waals surface area contributed by atoms with Crippen molar-refractivity contribution < 1.29 is 14.0 Å². The molecule has 1 atom stereocenters. The van der Waals surface area contributed by atoms with Gasteiger partial charge in [0.2, 0.25) is 5.91 Å². The first kappa shape index (κ1) is 10.6. The van der Waals surface area contributed by atoms with Gasteiger partial charge in [-0.05, 0) is 12.1 Å². The van der Waals surface area contributed by atoms with Gasteiger partial charge in [0.25, 0.3) is 0 Å². The quantitative estimate of drug-likeness (QED) is 0.783. The summed E-state index contributed by atoms with van der Waals surface area (Å²) in [6.07, 6.45) is 0. The molecular weight excluding hydrogens is 211 g/mol. The number of nitrogens with one attached hydrogen (secondary N) is 1. The number of nitrogens with zero attached hydrogens (tertiary/aromatic N) is 1. The van der Waals surface area contributed by atoms with Crippen LogP contribution in [0.15, 0.2) is 24.3 Å². The maximum atomic E-state index is 13.5. The minimum absolute atomic E-state index is 0.00319. The molecular formula is C11H11FN2O2. The standard InChI is InChI=1S/C11H11FN2O2/c1-7-6-13-11(16)14(10(7)15)9-5-3-2-4-8(9)12/h2-5,7H,6H2,1H3,(H,13,16). The lowest BCUT2D eigenvalue weighted by Crippen LogP contribution is -2.54. The van der Waals surface area contributed by atoms with Crippen LogP contribution in [0, 0.1) is 11.7 Å². The van der Waals surface area contributed by atoms with Crippen LogP contribution in [0.3, 0.4) is 0 Å². The second-order valence-corrected chi connectivity index (χ2v) is 3.71. The molecule has 1 fully saturated rings. The zero-order chi connectivity index (χ0) is 11.7. The third-order valence-corrected chi connectivity index (χ3v) is 2.50. The van der Waals surface area contributed by atoms with E-state index in [0.29, 0.717) is 6.54 Å². The highest BCUT2D eigenvalue weighted by atomic mass is 19.1. The molecule has 3 amide bonds. The normalized spacial score (nSPS) is 20.9. The van der Waals surface area contributed by atoms with Gasteiger partial charge in [-0.15, -0.1) is 0 Å². The molecule has 1 aromatic carbocycles. The molecule has 0 spiro atoms. The van der Waals surface area contributed by atoms with Crippen molar-refractivity contribution in [3.05, 3.63) is 30.1 Å². The Morgan fingerprint density at radius 1 is 1.38 bits per heavy atom. The Morgan fingerprint density at radius 3 is 2.75 bits per heavy atom. The fourth-order valence-corrected chi connectivity index (χ4v) is 1.59. The maximum Gasteiger partial charge on any atom is 0.328 e. The Kier molecular flexibility index (Phi) is 2.60. The average molecular weight is 222 g/mol. The summed E-state index contributed by atoms with van der Waals surface area (Å²) < 4.78 is 13.5. The van der Waals surface area contributed by atoms with E-state index in [1.54, 1.807) is 13.0 Å². The van der Waals surface area contributed by atoms with Gasteiger partial charge in [-0.25, -0.2) is 14.1 Å². The number of hydrogen-bond acceptors (Lipinski definition) is 2. The average Bonchev–Trinajstić information content (AvgIpc) is 2.27. The van der Waals surface area contributed by atoms with Crippen molar-refractivity contribution >= 4 is 17.6 Å². The second kappa shape index (κ2) is 3.92. The largest absolute Gasteiger partial charge is 0.337 e. The van der Waals surface area contributed by atoms with E-state index in [4.69, 9.17) is 0 Å². The summed E-state index contributed by atoms with van der Waals surface area (Å²) in [6.45, 7) is 1.98. The van der Waals surface area contributed by atoms with E-state index < -0.39 is 11.8 Å². The highest BCUT2D eigenvalue weighted by molar-refractivity contribution is 6.16. The highest BCUT2D eigenvalue weighted by Gasteiger charge is 2.33.